The minimum atomic E-state index is -0.142. The zero-order valence-corrected chi connectivity index (χ0v) is 9.89. The lowest BCUT2D eigenvalue weighted by Crippen LogP contribution is -2.15. The van der Waals surface area contributed by atoms with Crippen LogP contribution in [0, 0.1) is 11.8 Å². The Kier molecular flexibility index (Phi) is 2.85. The highest BCUT2D eigenvalue weighted by atomic mass is 16.6. The molecule has 0 aromatic heterocycles. The van der Waals surface area contributed by atoms with Crippen molar-refractivity contribution < 1.29 is 4.84 Å². The fraction of sp³-hybridized carbons (Fsp3) is 0.125. The number of nitrogens with two attached hydrogens (primary N) is 1. The van der Waals surface area contributed by atoms with Gasteiger partial charge in [-0.1, -0.05) is 48.2 Å². The Labute approximate surface area is 106 Å². The molecule has 0 fully saturated rings. The van der Waals surface area contributed by atoms with Crippen molar-refractivity contribution in [1.29, 1.82) is 0 Å². The van der Waals surface area contributed by atoms with E-state index in [0.29, 0.717) is 0 Å². The van der Waals surface area contributed by atoms with Gasteiger partial charge in [0.1, 0.15) is 6.10 Å². The highest BCUT2D eigenvalue weighted by Crippen LogP contribution is 2.26. The van der Waals surface area contributed by atoms with Gasteiger partial charge in [0, 0.05) is 17.5 Å². The lowest BCUT2D eigenvalue weighted by molar-refractivity contribution is 0.0527. The second-order valence-electron chi connectivity index (χ2n) is 4.32. The van der Waals surface area contributed by atoms with E-state index < -0.39 is 0 Å². The molecule has 1 unspecified atom stereocenters. The molecule has 0 saturated heterocycles. The van der Waals surface area contributed by atoms with E-state index in [1.807, 2.05) is 42.5 Å². The summed E-state index contributed by atoms with van der Waals surface area (Å²) in [7, 11) is 0. The fourth-order valence-electron chi connectivity index (χ4n) is 2.28. The Morgan fingerprint density at radius 2 is 1.61 bits per heavy atom. The average molecular weight is 235 g/mol. The van der Waals surface area contributed by atoms with Gasteiger partial charge in [-0.25, -0.2) is 5.90 Å². The van der Waals surface area contributed by atoms with Crippen molar-refractivity contribution >= 4 is 0 Å². The van der Waals surface area contributed by atoms with Crippen molar-refractivity contribution in [2.45, 2.75) is 12.5 Å². The van der Waals surface area contributed by atoms with Gasteiger partial charge in [0.05, 0.1) is 0 Å². The van der Waals surface area contributed by atoms with Gasteiger partial charge in [-0.15, -0.1) is 0 Å². The summed E-state index contributed by atoms with van der Waals surface area (Å²) in [6, 6.07) is 16.1. The van der Waals surface area contributed by atoms with E-state index in [4.69, 9.17) is 10.7 Å². The molecule has 2 aromatic carbocycles. The molecule has 2 nitrogen and oxygen atoms in total. The predicted octanol–water partition coefficient (Wildman–Crippen LogP) is 2.57. The maximum absolute atomic E-state index is 5.45. The first kappa shape index (κ1) is 11.0. The number of hydrogen-bond donors (Lipinski definition) is 1. The van der Waals surface area contributed by atoms with Crippen LogP contribution in [0.25, 0.3) is 0 Å². The van der Waals surface area contributed by atoms with E-state index in [1.165, 1.54) is 5.56 Å². The number of rotatable bonds is 1. The standard InChI is InChI=1S/C16H13NO/c17-18-16-11-14-7-2-1-5-12(14)9-10-13-6-3-4-8-15(13)16/h1-8,16H,11,17H2. The molecule has 0 radical (unpaired) electrons. The highest BCUT2D eigenvalue weighted by molar-refractivity contribution is 5.52. The first-order valence-electron chi connectivity index (χ1n) is 5.93. The van der Waals surface area contributed by atoms with Crippen LogP contribution in [0.2, 0.25) is 0 Å². The van der Waals surface area contributed by atoms with Gasteiger partial charge < -0.3 is 0 Å². The van der Waals surface area contributed by atoms with Gasteiger partial charge in [-0.05, 0) is 23.3 Å². The van der Waals surface area contributed by atoms with Crippen LogP contribution in [0.1, 0.15) is 28.4 Å². The summed E-state index contributed by atoms with van der Waals surface area (Å²) >= 11 is 0. The van der Waals surface area contributed by atoms with Crippen LogP contribution in [0.4, 0.5) is 0 Å². The van der Waals surface area contributed by atoms with E-state index in [9.17, 15) is 0 Å². The van der Waals surface area contributed by atoms with Gasteiger partial charge in [0.2, 0.25) is 0 Å². The van der Waals surface area contributed by atoms with Crippen LogP contribution < -0.4 is 5.90 Å². The molecular formula is C16H13NO. The molecule has 2 N–H and O–H groups in total. The quantitative estimate of drug-likeness (QED) is 0.609. The third kappa shape index (κ3) is 1.91. The van der Waals surface area contributed by atoms with Gasteiger partial charge >= 0.3 is 0 Å². The maximum Gasteiger partial charge on any atom is 0.109 e. The van der Waals surface area contributed by atoms with E-state index in [2.05, 4.69) is 17.9 Å². The molecule has 88 valence electrons. The van der Waals surface area contributed by atoms with Crippen LogP contribution in [-0.4, -0.2) is 0 Å². The normalized spacial score (nSPS) is 16.6. The van der Waals surface area contributed by atoms with Crippen LogP contribution in [0.15, 0.2) is 48.5 Å². The molecule has 0 heterocycles. The van der Waals surface area contributed by atoms with Crippen LogP contribution >= 0.6 is 0 Å². The molecule has 2 aromatic rings. The number of hydrogen-bond acceptors (Lipinski definition) is 2. The summed E-state index contributed by atoms with van der Waals surface area (Å²) in [6.45, 7) is 0. The van der Waals surface area contributed by atoms with Gasteiger partial charge in [0.15, 0.2) is 0 Å². The molecule has 0 saturated carbocycles. The lowest BCUT2D eigenvalue weighted by Gasteiger charge is -2.19. The van der Waals surface area contributed by atoms with Crippen molar-refractivity contribution in [3.05, 3.63) is 70.8 Å². The number of fused-ring (bicyclic) bond motifs is 2. The van der Waals surface area contributed by atoms with Crippen molar-refractivity contribution in [3.8, 4) is 11.8 Å². The van der Waals surface area contributed by atoms with E-state index in [1.54, 1.807) is 0 Å². The van der Waals surface area contributed by atoms with Crippen LogP contribution in [0.5, 0.6) is 0 Å². The smallest absolute Gasteiger partial charge is 0.109 e. The van der Waals surface area contributed by atoms with Crippen molar-refractivity contribution in [2.24, 2.45) is 5.90 Å². The summed E-state index contributed by atoms with van der Waals surface area (Å²) < 4.78 is 0. The average Bonchev–Trinajstić information content (AvgIpc) is 2.41. The Hall–Kier alpha value is -2.08. The van der Waals surface area contributed by atoms with Gasteiger partial charge in [-0.3, -0.25) is 4.84 Å². The summed E-state index contributed by atoms with van der Waals surface area (Å²) in [5.74, 6) is 11.9. The summed E-state index contributed by atoms with van der Waals surface area (Å²) in [5.41, 5.74) is 4.27. The lowest BCUT2D eigenvalue weighted by atomic mass is 9.92. The molecule has 0 bridgehead atoms. The minimum absolute atomic E-state index is 0.142. The molecule has 2 heteroatoms. The second kappa shape index (κ2) is 4.66. The third-order valence-electron chi connectivity index (χ3n) is 3.23. The Balaban J connectivity index is 2.19. The Morgan fingerprint density at radius 1 is 0.944 bits per heavy atom. The van der Waals surface area contributed by atoms with E-state index in [0.717, 1.165) is 23.1 Å². The highest BCUT2D eigenvalue weighted by Gasteiger charge is 2.18. The first-order chi connectivity index (χ1) is 8.88. The van der Waals surface area contributed by atoms with Crippen LogP contribution in [-0.2, 0) is 11.3 Å². The molecule has 3 rings (SSSR count). The van der Waals surface area contributed by atoms with E-state index in [-0.39, 0.29) is 6.10 Å². The molecule has 18 heavy (non-hydrogen) atoms. The van der Waals surface area contributed by atoms with E-state index >= 15 is 0 Å². The third-order valence-corrected chi connectivity index (χ3v) is 3.23. The monoisotopic (exact) mass is 235 g/mol. The molecule has 1 aliphatic carbocycles. The molecular weight excluding hydrogens is 222 g/mol. The minimum Gasteiger partial charge on any atom is -0.296 e. The molecule has 0 amide bonds. The molecule has 0 aliphatic heterocycles. The largest absolute Gasteiger partial charge is 0.296 e. The summed E-state index contributed by atoms with van der Waals surface area (Å²) in [6.07, 6.45) is 0.607. The van der Waals surface area contributed by atoms with Gasteiger partial charge in [0.25, 0.3) is 0 Å². The molecule has 0 spiro atoms. The fourth-order valence-corrected chi connectivity index (χ4v) is 2.28. The predicted molar refractivity (Wildman–Crippen MR) is 70.6 cm³/mol. The molecule has 1 atom stereocenters. The van der Waals surface area contributed by atoms with Crippen molar-refractivity contribution in [1.82, 2.24) is 0 Å². The second-order valence-corrected chi connectivity index (χ2v) is 4.32. The van der Waals surface area contributed by atoms with Crippen LogP contribution in [0.3, 0.4) is 0 Å². The molecule has 1 aliphatic rings. The Morgan fingerprint density at radius 3 is 2.44 bits per heavy atom. The van der Waals surface area contributed by atoms with Crippen molar-refractivity contribution in [3.63, 3.8) is 0 Å². The topological polar surface area (TPSA) is 35.2 Å². The zero-order valence-electron chi connectivity index (χ0n) is 9.89. The zero-order chi connectivity index (χ0) is 12.4. The number of benzene rings is 2. The van der Waals surface area contributed by atoms with Crippen molar-refractivity contribution in [2.75, 3.05) is 0 Å². The maximum atomic E-state index is 5.45. The first-order valence-corrected chi connectivity index (χ1v) is 5.93. The summed E-state index contributed by atoms with van der Waals surface area (Å²) in [5, 5.41) is 0. The Bertz CT molecular complexity index is 637. The summed E-state index contributed by atoms with van der Waals surface area (Å²) in [4.78, 5) is 5.14. The van der Waals surface area contributed by atoms with Gasteiger partial charge in [-0.2, -0.15) is 0 Å². The SMILES string of the molecule is NOC1Cc2ccccc2C#Cc2ccccc21.